The predicted octanol–water partition coefficient (Wildman–Crippen LogP) is 4.04. The molecule has 1 atom stereocenters. The summed E-state index contributed by atoms with van der Waals surface area (Å²) in [6.45, 7) is 3.23. The molecule has 0 aliphatic carbocycles. The first kappa shape index (κ1) is 14.1. The van der Waals surface area contributed by atoms with E-state index in [1.54, 1.807) is 18.4 Å². The summed E-state index contributed by atoms with van der Waals surface area (Å²) in [5.74, 6) is 0.973. The molecular weight excluding hydrogens is 254 g/mol. The van der Waals surface area contributed by atoms with E-state index >= 15 is 0 Å². The van der Waals surface area contributed by atoms with E-state index in [-0.39, 0.29) is 0 Å². The van der Waals surface area contributed by atoms with Crippen molar-refractivity contribution in [3.63, 3.8) is 0 Å². The van der Waals surface area contributed by atoms with Gasteiger partial charge in [-0.25, -0.2) is 0 Å². The van der Waals surface area contributed by atoms with Crippen LogP contribution in [0.2, 0.25) is 0 Å². The number of ether oxygens (including phenoxy) is 1. The van der Waals surface area contributed by atoms with Gasteiger partial charge in [-0.3, -0.25) is 0 Å². The van der Waals surface area contributed by atoms with Crippen molar-refractivity contribution in [1.82, 2.24) is 5.32 Å². The van der Waals surface area contributed by atoms with Crippen LogP contribution in [0, 0.1) is 0 Å². The maximum absolute atomic E-state index is 5.44. The van der Waals surface area contributed by atoms with Gasteiger partial charge in [0.1, 0.15) is 5.75 Å². The molecule has 0 amide bonds. The first-order valence-electron chi connectivity index (χ1n) is 6.72. The summed E-state index contributed by atoms with van der Waals surface area (Å²) in [4.78, 5) is 0. The fraction of sp³-hybridized carbons (Fsp3) is 0.375. The average molecular weight is 275 g/mol. The molecule has 19 heavy (non-hydrogen) atoms. The summed E-state index contributed by atoms with van der Waals surface area (Å²) in [5, 5.41) is 7.98. The Kier molecular flexibility index (Phi) is 5.43. The van der Waals surface area contributed by atoms with Crippen LogP contribution < -0.4 is 10.1 Å². The van der Waals surface area contributed by atoms with Crippen LogP contribution in [-0.4, -0.2) is 13.7 Å². The van der Waals surface area contributed by atoms with E-state index in [2.05, 4.69) is 41.2 Å². The van der Waals surface area contributed by atoms with Gasteiger partial charge in [0.15, 0.2) is 0 Å². The molecule has 0 fully saturated rings. The van der Waals surface area contributed by atoms with Crippen molar-refractivity contribution in [2.45, 2.75) is 25.8 Å². The maximum atomic E-state index is 5.44. The Balaban J connectivity index is 2.15. The number of para-hydroxylation sites is 1. The molecule has 0 bridgehead atoms. The highest BCUT2D eigenvalue weighted by atomic mass is 32.1. The lowest BCUT2D eigenvalue weighted by molar-refractivity contribution is 0.405. The minimum absolute atomic E-state index is 0.363. The number of hydrogen-bond donors (Lipinski definition) is 1. The van der Waals surface area contributed by atoms with Crippen molar-refractivity contribution >= 4 is 11.3 Å². The van der Waals surface area contributed by atoms with Crippen LogP contribution in [-0.2, 0) is 6.42 Å². The second kappa shape index (κ2) is 7.31. The molecule has 2 nitrogen and oxygen atoms in total. The Labute approximate surface area is 119 Å². The van der Waals surface area contributed by atoms with Crippen molar-refractivity contribution in [1.29, 1.82) is 0 Å². The summed E-state index contributed by atoms with van der Waals surface area (Å²) >= 11 is 1.75. The number of rotatable bonds is 7. The Morgan fingerprint density at radius 3 is 2.79 bits per heavy atom. The second-order valence-electron chi connectivity index (χ2n) is 4.58. The van der Waals surface area contributed by atoms with Crippen LogP contribution in [0.4, 0.5) is 0 Å². The van der Waals surface area contributed by atoms with Gasteiger partial charge in [0, 0.05) is 6.04 Å². The number of benzene rings is 1. The zero-order valence-corrected chi connectivity index (χ0v) is 12.4. The molecule has 1 aromatic heterocycles. The Morgan fingerprint density at radius 2 is 2.11 bits per heavy atom. The van der Waals surface area contributed by atoms with Gasteiger partial charge >= 0.3 is 0 Å². The molecule has 0 aliphatic heterocycles. The monoisotopic (exact) mass is 275 g/mol. The van der Waals surface area contributed by atoms with Crippen LogP contribution in [0.15, 0.2) is 41.1 Å². The molecule has 0 saturated carbocycles. The summed E-state index contributed by atoms with van der Waals surface area (Å²) in [6, 6.07) is 10.8. The molecular formula is C16H21NOS. The quantitative estimate of drug-likeness (QED) is 0.823. The van der Waals surface area contributed by atoms with Gasteiger partial charge in [0.2, 0.25) is 0 Å². The highest BCUT2D eigenvalue weighted by molar-refractivity contribution is 7.07. The topological polar surface area (TPSA) is 21.3 Å². The first-order chi connectivity index (χ1) is 9.35. The minimum atomic E-state index is 0.363. The second-order valence-corrected chi connectivity index (χ2v) is 5.36. The third-order valence-corrected chi connectivity index (χ3v) is 3.90. The molecule has 1 aromatic carbocycles. The zero-order valence-electron chi connectivity index (χ0n) is 11.6. The number of hydrogen-bond acceptors (Lipinski definition) is 3. The van der Waals surface area contributed by atoms with Gasteiger partial charge in [-0.2, -0.15) is 11.3 Å². The van der Waals surface area contributed by atoms with E-state index in [9.17, 15) is 0 Å². The molecule has 1 heterocycles. The fourth-order valence-corrected chi connectivity index (χ4v) is 2.91. The van der Waals surface area contributed by atoms with Gasteiger partial charge in [-0.15, -0.1) is 0 Å². The van der Waals surface area contributed by atoms with E-state index in [0.29, 0.717) is 6.04 Å². The number of nitrogens with one attached hydrogen (secondary N) is 1. The molecule has 1 N–H and O–H groups in total. The molecule has 102 valence electrons. The highest BCUT2D eigenvalue weighted by Gasteiger charge is 2.14. The third-order valence-electron chi connectivity index (χ3n) is 3.20. The van der Waals surface area contributed by atoms with Crippen LogP contribution in [0.1, 0.15) is 30.5 Å². The van der Waals surface area contributed by atoms with E-state index in [4.69, 9.17) is 4.74 Å². The van der Waals surface area contributed by atoms with Crippen molar-refractivity contribution in [2.24, 2.45) is 0 Å². The van der Waals surface area contributed by atoms with E-state index in [0.717, 1.165) is 25.1 Å². The summed E-state index contributed by atoms with van der Waals surface area (Å²) in [5.41, 5.74) is 2.62. The summed E-state index contributed by atoms with van der Waals surface area (Å²) < 4.78 is 5.44. The van der Waals surface area contributed by atoms with Gasteiger partial charge in [-0.1, -0.05) is 25.1 Å². The molecule has 2 rings (SSSR count). The SMILES string of the molecule is CCCNC(Cc1ccccc1OC)c1ccsc1. The lowest BCUT2D eigenvalue weighted by Gasteiger charge is -2.19. The smallest absolute Gasteiger partial charge is 0.122 e. The summed E-state index contributed by atoms with van der Waals surface area (Å²) in [7, 11) is 1.73. The molecule has 0 radical (unpaired) electrons. The standard InChI is InChI=1S/C16H21NOS/c1-3-9-17-15(14-8-10-19-12-14)11-13-6-4-5-7-16(13)18-2/h4-8,10,12,15,17H,3,9,11H2,1-2H3. The number of thiophene rings is 1. The van der Waals surface area contributed by atoms with Crippen molar-refractivity contribution < 1.29 is 4.74 Å². The zero-order chi connectivity index (χ0) is 13.5. The van der Waals surface area contributed by atoms with Crippen molar-refractivity contribution in [3.05, 3.63) is 52.2 Å². The van der Waals surface area contributed by atoms with Gasteiger partial charge in [-0.05, 0) is 53.4 Å². The molecule has 0 saturated heterocycles. The normalized spacial score (nSPS) is 12.3. The van der Waals surface area contributed by atoms with E-state index in [1.165, 1.54) is 11.1 Å². The lowest BCUT2D eigenvalue weighted by Crippen LogP contribution is -2.23. The predicted molar refractivity (Wildman–Crippen MR) is 82.1 cm³/mol. The van der Waals surface area contributed by atoms with Crippen LogP contribution in [0.5, 0.6) is 5.75 Å². The van der Waals surface area contributed by atoms with E-state index < -0.39 is 0 Å². The third kappa shape index (κ3) is 3.82. The average Bonchev–Trinajstić information content (AvgIpc) is 2.98. The van der Waals surface area contributed by atoms with Crippen LogP contribution in [0.25, 0.3) is 0 Å². The fourth-order valence-electron chi connectivity index (χ4n) is 2.19. The van der Waals surface area contributed by atoms with Crippen LogP contribution >= 0.6 is 11.3 Å². The molecule has 1 unspecified atom stereocenters. The molecule has 0 spiro atoms. The summed E-state index contributed by atoms with van der Waals surface area (Å²) in [6.07, 6.45) is 2.10. The van der Waals surface area contributed by atoms with Gasteiger partial charge in [0.05, 0.1) is 7.11 Å². The van der Waals surface area contributed by atoms with Crippen molar-refractivity contribution in [2.75, 3.05) is 13.7 Å². The van der Waals surface area contributed by atoms with Gasteiger partial charge in [0.25, 0.3) is 0 Å². The Bertz CT molecular complexity index is 481. The highest BCUT2D eigenvalue weighted by Crippen LogP contribution is 2.26. The van der Waals surface area contributed by atoms with Crippen LogP contribution in [0.3, 0.4) is 0 Å². The molecule has 3 heteroatoms. The maximum Gasteiger partial charge on any atom is 0.122 e. The lowest BCUT2D eigenvalue weighted by atomic mass is 10.0. The number of methoxy groups -OCH3 is 1. The van der Waals surface area contributed by atoms with Gasteiger partial charge < -0.3 is 10.1 Å². The first-order valence-corrected chi connectivity index (χ1v) is 7.66. The van der Waals surface area contributed by atoms with E-state index in [1.807, 2.05) is 12.1 Å². The minimum Gasteiger partial charge on any atom is -0.496 e. The largest absolute Gasteiger partial charge is 0.496 e. The Hall–Kier alpha value is -1.32. The molecule has 0 aliphatic rings. The Morgan fingerprint density at radius 1 is 1.26 bits per heavy atom. The van der Waals surface area contributed by atoms with Crippen molar-refractivity contribution in [3.8, 4) is 5.75 Å². The molecule has 2 aromatic rings.